The SMILES string of the molecule is CN[C@H](CN1CCCC1)c1ccccc1[N+](=O)[O-]. The molecule has 98 valence electrons. The van der Waals surface area contributed by atoms with Crippen LogP contribution in [0.4, 0.5) is 5.69 Å². The van der Waals surface area contributed by atoms with E-state index in [1.807, 2.05) is 19.2 Å². The zero-order chi connectivity index (χ0) is 13.0. The Hall–Kier alpha value is -1.46. The van der Waals surface area contributed by atoms with Gasteiger partial charge in [-0.2, -0.15) is 0 Å². The van der Waals surface area contributed by atoms with Crippen LogP contribution in [-0.2, 0) is 0 Å². The number of para-hydroxylation sites is 1. The van der Waals surface area contributed by atoms with E-state index in [4.69, 9.17) is 0 Å². The van der Waals surface area contributed by atoms with Crippen molar-refractivity contribution in [2.24, 2.45) is 0 Å². The average molecular weight is 249 g/mol. The van der Waals surface area contributed by atoms with Crippen LogP contribution in [0.25, 0.3) is 0 Å². The van der Waals surface area contributed by atoms with Crippen LogP contribution >= 0.6 is 0 Å². The molecule has 2 rings (SSSR count). The lowest BCUT2D eigenvalue weighted by atomic mass is 10.0. The molecule has 1 heterocycles. The lowest BCUT2D eigenvalue weighted by Gasteiger charge is -2.23. The maximum absolute atomic E-state index is 11.0. The Morgan fingerprint density at radius 3 is 2.67 bits per heavy atom. The molecule has 5 heteroatoms. The second kappa shape index (κ2) is 5.93. The van der Waals surface area contributed by atoms with Gasteiger partial charge in [-0.3, -0.25) is 10.1 Å². The summed E-state index contributed by atoms with van der Waals surface area (Å²) in [5.74, 6) is 0. The summed E-state index contributed by atoms with van der Waals surface area (Å²) in [5.41, 5.74) is 0.980. The van der Waals surface area contributed by atoms with Crippen LogP contribution in [0.3, 0.4) is 0 Å². The number of likely N-dealkylation sites (tertiary alicyclic amines) is 1. The minimum Gasteiger partial charge on any atom is -0.312 e. The number of hydrogen-bond donors (Lipinski definition) is 1. The van der Waals surface area contributed by atoms with E-state index in [-0.39, 0.29) is 16.7 Å². The fourth-order valence-corrected chi connectivity index (χ4v) is 2.52. The van der Waals surface area contributed by atoms with E-state index in [9.17, 15) is 10.1 Å². The van der Waals surface area contributed by atoms with Crippen molar-refractivity contribution < 1.29 is 4.92 Å². The number of nitro groups is 1. The smallest absolute Gasteiger partial charge is 0.274 e. The molecule has 0 spiro atoms. The van der Waals surface area contributed by atoms with Gasteiger partial charge in [0.1, 0.15) is 0 Å². The molecule has 5 nitrogen and oxygen atoms in total. The number of nitrogens with zero attached hydrogens (tertiary/aromatic N) is 2. The molecule has 0 saturated carbocycles. The number of nitro benzene ring substituents is 1. The third-order valence-electron chi connectivity index (χ3n) is 3.50. The zero-order valence-electron chi connectivity index (χ0n) is 10.6. The van der Waals surface area contributed by atoms with E-state index in [1.165, 1.54) is 12.8 Å². The van der Waals surface area contributed by atoms with E-state index in [0.717, 1.165) is 25.2 Å². The highest BCUT2D eigenvalue weighted by Crippen LogP contribution is 2.26. The lowest BCUT2D eigenvalue weighted by molar-refractivity contribution is -0.385. The number of hydrogen-bond acceptors (Lipinski definition) is 4. The molecule has 1 atom stereocenters. The van der Waals surface area contributed by atoms with Crippen LogP contribution < -0.4 is 5.32 Å². The number of rotatable bonds is 5. The molecule has 1 aromatic rings. The van der Waals surface area contributed by atoms with Crippen LogP contribution in [0.15, 0.2) is 24.3 Å². The van der Waals surface area contributed by atoms with Gasteiger partial charge in [0.25, 0.3) is 5.69 Å². The molecule has 1 fully saturated rings. The first kappa shape index (κ1) is 13.0. The van der Waals surface area contributed by atoms with Crippen LogP contribution in [0.1, 0.15) is 24.4 Å². The summed E-state index contributed by atoms with van der Waals surface area (Å²) in [6.45, 7) is 3.03. The predicted octanol–water partition coefficient (Wildman–Crippen LogP) is 1.95. The van der Waals surface area contributed by atoms with Crippen molar-refractivity contribution in [1.82, 2.24) is 10.2 Å². The molecule has 1 aliphatic rings. The van der Waals surface area contributed by atoms with Gasteiger partial charge in [0.05, 0.1) is 11.0 Å². The van der Waals surface area contributed by atoms with E-state index >= 15 is 0 Å². The highest BCUT2D eigenvalue weighted by molar-refractivity contribution is 5.42. The van der Waals surface area contributed by atoms with Crippen molar-refractivity contribution in [3.05, 3.63) is 39.9 Å². The summed E-state index contributed by atoms with van der Waals surface area (Å²) in [4.78, 5) is 13.1. The van der Waals surface area contributed by atoms with Gasteiger partial charge in [-0.25, -0.2) is 0 Å². The van der Waals surface area contributed by atoms with Crippen LogP contribution in [0.5, 0.6) is 0 Å². The van der Waals surface area contributed by atoms with Gasteiger partial charge in [0, 0.05) is 18.2 Å². The molecule has 1 saturated heterocycles. The van der Waals surface area contributed by atoms with Crippen molar-refractivity contribution in [3.8, 4) is 0 Å². The summed E-state index contributed by atoms with van der Waals surface area (Å²) in [6, 6.07) is 7.00. The van der Waals surface area contributed by atoms with E-state index in [1.54, 1.807) is 12.1 Å². The third-order valence-corrected chi connectivity index (χ3v) is 3.50. The number of benzene rings is 1. The average Bonchev–Trinajstić information content (AvgIpc) is 2.88. The van der Waals surface area contributed by atoms with E-state index < -0.39 is 0 Å². The van der Waals surface area contributed by atoms with Gasteiger partial charge in [0.2, 0.25) is 0 Å². The van der Waals surface area contributed by atoms with Gasteiger partial charge in [0.15, 0.2) is 0 Å². The quantitative estimate of drug-likeness (QED) is 0.640. The first-order chi connectivity index (χ1) is 8.72. The molecule has 18 heavy (non-hydrogen) atoms. The fraction of sp³-hybridized carbons (Fsp3) is 0.538. The minimum absolute atomic E-state index is 0.0182. The van der Waals surface area contributed by atoms with E-state index in [2.05, 4.69) is 10.2 Å². The third kappa shape index (κ3) is 2.86. The Morgan fingerprint density at radius 2 is 2.06 bits per heavy atom. The first-order valence-corrected chi connectivity index (χ1v) is 6.35. The maximum Gasteiger partial charge on any atom is 0.274 e. The van der Waals surface area contributed by atoms with E-state index in [0.29, 0.717) is 0 Å². The Morgan fingerprint density at radius 1 is 1.39 bits per heavy atom. The van der Waals surface area contributed by atoms with Gasteiger partial charge in [-0.05, 0) is 33.0 Å². The molecule has 0 amide bonds. The molecular weight excluding hydrogens is 230 g/mol. The second-order valence-corrected chi connectivity index (χ2v) is 4.66. The summed E-state index contributed by atoms with van der Waals surface area (Å²) in [6.07, 6.45) is 2.46. The fourth-order valence-electron chi connectivity index (χ4n) is 2.52. The molecule has 0 bridgehead atoms. The van der Waals surface area contributed by atoms with Crippen molar-refractivity contribution in [1.29, 1.82) is 0 Å². The summed E-state index contributed by atoms with van der Waals surface area (Å²) in [5, 5.41) is 14.2. The van der Waals surface area contributed by atoms with Gasteiger partial charge in [-0.1, -0.05) is 18.2 Å². The standard InChI is InChI=1S/C13H19N3O2/c1-14-12(10-15-8-4-5-9-15)11-6-2-3-7-13(11)16(17)18/h2-3,6-7,12,14H,4-5,8-10H2,1H3/t12-/m1/s1. The monoisotopic (exact) mass is 249 g/mol. The Bertz CT molecular complexity index is 416. The summed E-state index contributed by atoms with van der Waals surface area (Å²) >= 11 is 0. The summed E-state index contributed by atoms with van der Waals surface area (Å²) in [7, 11) is 1.86. The Labute approximate surface area is 107 Å². The van der Waals surface area contributed by atoms with Gasteiger partial charge >= 0.3 is 0 Å². The van der Waals surface area contributed by atoms with Crippen molar-refractivity contribution in [2.45, 2.75) is 18.9 Å². The number of likely N-dealkylation sites (N-methyl/N-ethyl adjacent to an activating group) is 1. The molecule has 0 unspecified atom stereocenters. The molecule has 1 N–H and O–H groups in total. The molecule has 0 aliphatic carbocycles. The first-order valence-electron chi connectivity index (χ1n) is 6.35. The molecule has 1 aliphatic heterocycles. The predicted molar refractivity (Wildman–Crippen MR) is 70.6 cm³/mol. The molecule has 0 aromatic heterocycles. The molecular formula is C13H19N3O2. The van der Waals surface area contributed by atoms with Crippen LogP contribution in [-0.4, -0.2) is 36.5 Å². The Balaban J connectivity index is 2.18. The van der Waals surface area contributed by atoms with Crippen molar-refractivity contribution >= 4 is 5.69 Å². The maximum atomic E-state index is 11.0. The van der Waals surface area contributed by atoms with Crippen LogP contribution in [0, 0.1) is 10.1 Å². The second-order valence-electron chi connectivity index (χ2n) is 4.66. The molecule has 0 radical (unpaired) electrons. The molecule has 1 aromatic carbocycles. The van der Waals surface area contributed by atoms with Crippen molar-refractivity contribution in [3.63, 3.8) is 0 Å². The normalized spacial score (nSPS) is 17.8. The highest BCUT2D eigenvalue weighted by Gasteiger charge is 2.23. The van der Waals surface area contributed by atoms with Gasteiger partial charge in [-0.15, -0.1) is 0 Å². The van der Waals surface area contributed by atoms with Crippen molar-refractivity contribution in [2.75, 3.05) is 26.7 Å². The van der Waals surface area contributed by atoms with Crippen LogP contribution in [0.2, 0.25) is 0 Å². The minimum atomic E-state index is -0.302. The lowest BCUT2D eigenvalue weighted by Crippen LogP contribution is -2.32. The highest BCUT2D eigenvalue weighted by atomic mass is 16.6. The Kier molecular flexibility index (Phi) is 4.28. The zero-order valence-corrected chi connectivity index (χ0v) is 10.6. The van der Waals surface area contributed by atoms with Gasteiger partial charge < -0.3 is 10.2 Å². The number of nitrogens with one attached hydrogen (secondary N) is 1. The topological polar surface area (TPSA) is 58.4 Å². The largest absolute Gasteiger partial charge is 0.312 e. The summed E-state index contributed by atoms with van der Waals surface area (Å²) < 4.78 is 0.